The van der Waals surface area contributed by atoms with Gasteiger partial charge in [0.1, 0.15) is 17.9 Å². The van der Waals surface area contributed by atoms with Crippen LogP contribution in [0.1, 0.15) is 6.92 Å². The molecule has 1 rings (SSSR count). The van der Waals surface area contributed by atoms with Gasteiger partial charge in [0.05, 0.1) is 12.3 Å². The third-order valence-electron chi connectivity index (χ3n) is 1.69. The number of hydrogen-bond donors (Lipinski definition) is 1. The Hall–Kier alpha value is -2.53. The van der Waals surface area contributed by atoms with E-state index in [0.29, 0.717) is 18.0 Å². The monoisotopic (exact) mass is 214 g/mol. The van der Waals surface area contributed by atoms with E-state index in [0.717, 1.165) is 0 Å². The summed E-state index contributed by atoms with van der Waals surface area (Å²) in [5.74, 6) is 0.629. The fourth-order valence-corrected chi connectivity index (χ4v) is 1.03. The van der Waals surface area contributed by atoms with Crippen LogP contribution in [-0.2, 0) is 0 Å². The highest BCUT2D eigenvalue weighted by Gasteiger charge is 2.01. The number of anilines is 1. The highest BCUT2D eigenvalue weighted by molar-refractivity contribution is 6.10. The molecule has 0 saturated heterocycles. The molecule has 0 atom stereocenters. The number of nitriles is 2. The molecule has 0 aliphatic rings. The molecule has 80 valence electrons. The van der Waals surface area contributed by atoms with Gasteiger partial charge in [-0.1, -0.05) is 12.1 Å². The van der Waals surface area contributed by atoms with E-state index >= 15 is 0 Å². The Bertz CT molecular complexity index is 452. The van der Waals surface area contributed by atoms with Gasteiger partial charge in [-0.25, -0.2) is 0 Å². The quantitative estimate of drug-likeness (QED) is 0.613. The highest BCUT2D eigenvalue weighted by atomic mass is 16.5. The van der Waals surface area contributed by atoms with Crippen LogP contribution < -0.4 is 10.2 Å². The molecule has 0 fully saturated rings. The summed E-state index contributed by atoms with van der Waals surface area (Å²) in [6, 6.07) is 10.5. The van der Waals surface area contributed by atoms with E-state index in [1.54, 1.807) is 30.3 Å². The maximum absolute atomic E-state index is 8.50. The lowest BCUT2D eigenvalue weighted by molar-refractivity contribution is 0.342. The molecule has 0 heterocycles. The molecule has 0 aliphatic carbocycles. The van der Waals surface area contributed by atoms with Crippen molar-refractivity contribution in [1.29, 1.82) is 10.5 Å². The Labute approximate surface area is 93.6 Å². The SMILES string of the molecule is CCOc1ccccc1NN=C(C#N)C#N. The van der Waals surface area contributed by atoms with Crippen LogP contribution in [0.3, 0.4) is 0 Å². The fraction of sp³-hybridized carbons (Fsp3) is 0.182. The molecule has 0 unspecified atom stereocenters. The topological polar surface area (TPSA) is 81.2 Å². The number of benzene rings is 1. The average molecular weight is 214 g/mol. The van der Waals surface area contributed by atoms with Crippen LogP contribution in [0.4, 0.5) is 5.69 Å². The first-order chi connectivity index (χ1) is 7.81. The van der Waals surface area contributed by atoms with Crippen molar-refractivity contribution in [2.45, 2.75) is 6.92 Å². The lowest BCUT2D eigenvalue weighted by Crippen LogP contribution is -1.99. The van der Waals surface area contributed by atoms with Gasteiger partial charge in [-0.15, -0.1) is 0 Å². The number of para-hydroxylation sites is 2. The molecule has 1 aromatic rings. The van der Waals surface area contributed by atoms with Gasteiger partial charge in [-0.3, -0.25) is 5.43 Å². The van der Waals surface area contributed by atoms with Crippen LogP contribution in [0.5, 0.6) is 5.75 Å². The minimum atomic E-state index is -0.230. The summed E-state index contributed by atoms with van der Waals surface area (Å²) in [7, 11) is 0. The van der Waals surface area contributed by atoms with Gasteiger partial charge in [-0.2, -0.15) is 15.6 Å². The number of hydrazone groups is 1. The Kier molecular flexibility index (Phi) is 4.36. The second-order valence-corrected chi connectivity index (χ2v) is 2.72. The average Bonchev–Trinajstić information content (AvgIpc) is 2.33. The van der Waals surface area contributed by atoms with Crippen LogP contribution in [0.25, 0.3) is 0 Å². The highest BCUT2D eigenvalue weighted by Crippen LogP contribution is 2.23. The van der Waals surface area contributed by atoms with Crippen molar-refractivity contribution in [3.05, 3.63) is 24.3 Å². The molecule has 0 bridgehead atoms. The zero-order chi connectivity index (χ0) is 11.8. The van der Waals surface area contributed by atoms with Gasteiger partial charge in [0, 0.05) is 0 Å². The minimum absolute atomic E-state index is 0.230. The van der Waals surface area contributed by atoms with Crippen molar-refractivity contribution in [3.8, 4) is 17.9 Å². The van der Waals surface area contributed by atoms with Crippen LogP contribution in [0.2, 0.25) is 0 Å². The summed E-state index contributed by atoms with van der Waals surface area (Å²) < 4.78 is 5.34. The van der Waals surface area contributed by atoms with Crippen molar-refractivity contribution in [2.24, 2.45) is 5.10 Å². The van der Waals surface area contributed by atoms with Gasteiger partial charge in [0.15, 0.2) is 0 Å². The maximum Gasteiger partial charge on any atom is 0.237 e. The molecule has 0 aromatic heterocycles. The van der Waals surface area contributed by atoms with Crippen LogP contribution >= 0.6 is 0 Å². The van der Waals surface area contributed by atoms with Gasteiger partial charge in [0.2, 0.25) is 5.71 Å². The second-order valence-electron chi connectivity index (χ2n) is 2.72. The molecule has 1 aromatic carbocycles. The predicted octanol–water partition coefficient (Wildman–Crippen LogP) is 1.90. The first-order valence-electron chi connectivity index (χ1n) is 4.67. The molecule has 0 saturated carbocycles. The number of hydrogen-bond acceptors (Lipinski definition) is 5. The first kappa shape index (κ1) is 11.5. The molecular weight excluding hydrogens is 204 g/mol. The summed E-state index contributed by atoms with van der Waals surface area (Å²) in [5, 5.41) is 20.6. The van der Waals surface area contributed by atoms with Gasteiger partial charge in [-0.05, 0) is 19.1 Å². The molecule has 5 heteroatoms. The number of nitrogens with zero attached hydrogens (tertiary/aromatic N) is 3. The van der Waals surface area contributed by atoms with Gasteiger partial charge < -0.3 is 4.74 Å². The summed E-state index contributed by atoms with van der Waals surface area (Å²) in [6.45, 7) is 2.40. The largest absolute Gasteiger partial charge is 0.492 e. The molecule has 0 spiro atoms. The van der Waals surface area contributed by atoms with E-state index < -0.39 is 0 Å². The Balaban J connectivity index is 2.86. The van der Waals surface area contributed by atoms with E-state index in [4.69, 9.17) is 15.3 Å². The summed E-state index contributed by atoms with van der Waals surface area (Å²) >= 11 is 0. The van der Waals surface area contributed by atoms with E-state index in [1.165, 1.54) is 0 Å². The zero-order valence-electron chi connectivity index (χ0n) is 8.77. The summed E-state index contributed by atoms with van der Waals surface area (Å²) in [5.41, 5.74) is 3.01. The Morgan fingerprint density at radius 2 is 2.06 bits per heavy atom. The smallest absolute Gasteiger partial charge is 0.237 e. The molecule has 0 amide bonds. The zero-order valence-corrected chi connectivity index (χ0v) is 8.77. The predicted molar refractivity (Wildman–Crippen MR) is 59.9 cm³/mol. The number of rotatable bonds is 4. The second kappa shape index (κ2) is 6.05. The molecular formula is C11H10N4O. The van der Waals surface area contributed by atoms with Crippen molar-refractivity contribution < 1.29 is 4.74 Å². The van der Waals surface area contributed by atoms with Crippen molar-refractivity contribution in [3.63, 3.8) is 0 Å². The van der Waals surface area contributed by atoms with E-state index in [1.807, 2.05) is 13.0 Å². The Morgan fingerprint density at radius 1 is 1.38 bits per heavy atom. The number of ether oxygens (including phenoxy) is 1. The van der Waals surface area contributed by atoms with Crippen LogP contribution in [0, 0.1) is 22.7 Å². The molecule has 0 radical (unpaired) electrons. The first-order valence-corrected chi connectivity index (χ1v) is 4.67. The molecule has 0 aliphatic heterocycles. The van der Waals surface area contributed by atoms with Crippen molar-refractivity contribution in [1.82, 2.24) is 0 Å². The number of nitrogens with one attached hydrogen (secondary N) is 1. The van der Waals surface area contributed by atoms with Crippen molar-refractivity contribution in [2.75, 3.05) is 12.0 Å². The normalized spacial score (nSPS) is 8.44. The van der Waals surface area contributed by atoms with E-state index in [2.05, 4.69) is 10.5 Å². The lowest BCUT2D eigenvalue weighted by atomic mass is 10.3. The third kappa shape index (κ3) is 3.00. The van der Waals surface area contributed by atoms with Gasteiger partial charge in [0.25, 0.3) is 0 Å². The lowest BCUT2D eigenvalue weighted by Gasteiger charge is -2.08. The van der Waals surface area contributed by atoms with Crippen LogP contribution in [0.15, 0.2) is 29.4 Å². The Morgan fingerprint density at radius 3 is 2.69 bits per heavy atom. The fourth-order valence-electron chi connectivity index (χ4n) is 1.03. The van der Waals surface area contributed by atoms with Gasteiger partial charge >= 0.3 is 0 Å². The molecule has 1 N–H and O–H groups in total. The summed E-state index contributed by atoms with van der Waals surface area (Å²) in [4.78, 5) is 0. The standard InChI is InChI=1S/C11H10N4O/c1-2-16-11-6-4-3-5-10(11)15-14-9(7-12)8-13/h3-6,15H,2H2,1H3. The minimum Gasteiger partial charge on any atom is -0.492 e. The van der Waals surface area contributed by atoms with E-state index in [-0.39, 0.29) is 5.71 Å². The van der Waals surface area contributed by atoms with Crippen LogP contribution in [-0.4, -0.2) is 12.3 Å². The molecule has 16 heavy (non-hydrogen) atoms. The third-order valence-corrected chi connectivity index (χ3v) is 1.69. The summed E-state index contributed by atoms with van der Waals surface area (Å²) in [6.07, 6.45) is 0. The van der Waals surface area contributed by atoms with Crippen molar-refractivity contribution >= 4 is 11.4 Å². The van der Waals surface area contributed by atoms with E-state index in [9.17, 15) is 0 Å². The molecule has 5 nitrogen and oxygen atoms in total. The maximum atomic E-state index is 8.50.